The third kappa shape index (κ3) is 7.83. The van der Waals surface area contributed by atoms with E-state index in [0.717, 1.165) is 12.8 Å². The summed E-state index contributed by atoms with van der Waals surface area (Å²) in [6.07, 6.45) is 2.81. The van der Waals surface area contributed by atoms with E-state index in [1.165, 1.54) is 23.0 Å². The number of aromatic nitrogens is 3. The molecule has 0 unspecified atom stereocenters. The van der Waals surface area contributed by atoms with Crippen LogP contribution in [-0.4, -0.2) is 88.1 Å². The number of piperazine rings is 1. The van der Waals surface area contributed by atoms with E-state index in [1.807, 2.05) is 0 Å². The summed E-state index contributed by atoms with van der Waals surface area (Å²) >= 11 is 0. The van der Waals surface area contributed by atoms with Crippen molar-refractivity contribution in [1.82, 2.24) is 19.7 Å². The Hall–Kier alpha value is -5.21. The fraction of sp³-hybridized carbons (Fsp3) is 0.485. The van der Waals surface area contributed by atoms with E-state index in [9.17, 15) is 24.5 Å². The Morgan fingerprint density at radius 1 is 1.12 bits per heavy atom. The van der Waals surface area contributed by atoms with Crippen molar-refractivity contribution >= 4 is 35.0 Å². The molecule has 1 saturated heterocycles. The van der Waals surface area contributed by atoms with Crippen molar-refractivity contribution in [2.75, 3.05) is 50.1 Å². The quantitative estimate of drug-likeness (QED) is 0.183. The molecule has 256 valence electrons. The van der Waals surface area contributed by atoms with Gasteiger partial charge in [0.15, 0.2) is 0 Å². The number of benzene rings is 1. The minimum atomic E-state index is -0.676. The first kappa shape index (κ1) is 34.1. The molecule has 2 amide bonds. The van der Waals surface area contributed by atoms with Crippen LogP contribution in [0, 0.1) is 28.9 Å². The maximum atomic E-state index is 13.0. The predicted molar refractivity (Wildman–Crippen MR) is 176 cm³/mol. The molecule has 2 fully saturated rings. The van der Waals surface area contributed by atoms with Crippen LogP contribution >= 0.6 is 0 Å². The number of nitrogens with zero attached hydrogens (tertiary/aromatic N) is 6. The molecule has 0 spiro atoms. The van der Waals surface area contributed by atoms with Gasteiger partial charge in [-0.2, -0.15) is 5.10 Å². The molecule has 2 aliphatic rings. The summed E-state index contributed by atoms with van der Waals surface area (Å²) in [5.41, 5.74) is 2.37. The number of hydrogen-bond acceptors (Lipinski definition) is 11. The number of carbonyl (C=O) groups excluding carboxylic acids is 3. The maximum absolute atomic E-state index is 13.0. The molecule has 1 aromatic carbocycles. The molecule has 1 N–H and O–H groups in total. The van der Waals surface area contributed by atoms with Gasteiger partial charge in [-0.1, -0.05) is 0 Å². The number of methoxy groups -OCH3 is 1. The molecule has 15 nitrogen and oxygen atoms in total. The lowest BCUT2D eigenvalue weighted by Crippen LogP contribution is -2.53. The number of esters is 1. The molecule has 0 bridgehead atoms. The molecule has 0 radical (unpaired) electrons. The van der Waals surface area contributed by atoms with Gasteiger partial charge in [0.25, 0.3) is 5.69 Å². The lowest BCUT2D eigenvalue weighted by Gasteiger charge is -2.36. The number of nitrogens with one attached hydrogen (secondary N) is 1. The van der Waals surface area contributed by atoms with Gasteiger partial charge in [0.05, 0.1) is 41.7 Å². The molecule has 1 aliphatic carbocycles. The average molecular weight is 664 g/mol. The van der Waals surface area contributed by atoms with Crippen molar-refractivity contribution in [3.8, 4) is 17.1 Å². The van der Waals surface area contributed by atoms with Gasteiger partial charge in [-0.3, -0.25) is 24.8 Å². The molecule has 3 heterocycles. The van der Waals surface area contributed by atoms with E-state index in [-0.39, 0.29) is 43.1 Å². The maximum Gasteiger partial charge on any atom is 0.410 e. The van der Waals surface area contributed by atoms with Gasteiger partial charge >= 0.3 is 12.1 Å². The van der Waals surface area contributed by atoms with Crippen molar-refractivity contribution in [3.05, 3.63) is 57.9 Å². The Bertz CT molecular complexity index is 1710. The summed E-state index contributed by atoms with van der Waals surface area (Å²) in [5, 5.41) is 19.4. The standard InChI is InChI=1S/C33H41N7O8/c1-20-11-23(31(42)46-6)14-26(36-20)25-17-35-37(5)30(25)47-19-22-12-21(13-22)16-34-27-15-24(7-8-28(27)40(44)45)39-10-9-38(18-29(39)41)32(43)48-33(2,3)4/h7-8,11,14-15,17,21-22,34H,9-10,12-13,16,18-19H2,1-6H3. The Labute approximate surface area is 278 Å². The van der Waals surface area contributed by atoms with Gasteiger partial charge in [0.2, 0.25) is 11.8 Å². The highest BCUT2D eigenvalue weighted by atomic mass is 16.6. The zero-order chi connectivity index (χ0) is 34.7. The fourth-order valence-electron chi connectivity index (χ4n) is 5.86. The zero-order valence-corrected chi connectivity index (χ0v) is 28.0. The summed E-state index contributed by atoms with van der Waals surface area (Å²) in [7, 11) is 3.11. The number of nitro groups is 1. The lowest BCUT2D eigenvalue weighted by atomic mass is 9.75. The van der Waals surface area contributed by atoms with Gasteiger partial charge in [0.1, 0.15) is 17.8 Å². The minimum absolute atomic E-state index is 0.0818. The van der Waals surface area contributed by atoms with E-state index >= 15 is 0 Å². The first-order chi connectivity index (χ1) is 22.7. The van der Waals surface area contributed by atoms with Crippen LogP contribution in [0.25, 0.3) is 11.3 Å². The second kappa shape index (κ2) is 13.9. The second-order valence-corrected chi connectivity index (χ2v) is 13.2. The van der Waals surface area contributed by atoms with Crippen LogP contribution in [-0.2, 0) is 21.3 Å². The molecule has 15 heteroatoms. The smallest absolute Gasteiger partial charge is 0.410 e. The highest BCUT2D eigenvalue weighted by Crippen LogP contribution is 2.37. The molecule has 0 atom stereocenters. The summed E-state index contributed by atoms with van der Waals surface area (Å²) < 4.78 is 18.1. The van der Waals surface area contributed by atoms with Gasteiger partial charge in [0, 0.05) is 44.1 Å². The van der Waals surface area contributed by atoms with Gasteiger partial charge in [-0.05, 0) is 76.6 Å². The summed E-state index contributed by atoms with van der Waals surface area (Å²) in [6, 6.07) is 7.88. The van der Waals surface area contributed by atoms with Crippen LogP contribution in [0.15, 0.2) is 36.5 Å². The molecule has 1 aliphatic heterocycles. The third-order valence-electron chi connectivity index (χ3n) is 8.27. The average Bonchev–Trinajstić information content (AvgIpc) is 3.38. The number of aryl methyl sites for hydroxylation is 2. The minimum Gasteiger partial charge on any atom is -0.477 e. The van der Waals surface area contributed by atoms with Crippen LogP contribution < -0.4 is 15.0 Å². The number of nitro benzene ring substituents is 1. The predicted octanol–water partition coefficient (Wildman–Crippen LogP) is 4.59. The molecule has 1 saturated carbocycles. The van der Waals surface area contributed by atoms with Gasteiger partial charge in [-0.25, -0.2) is 14.3 Å². The number of hydrogen-bond donors (Lipinski definition) is 1. The van der Waals surface area contributed by atoms with Crippen molar-refractivity contribution in [2.45, 2.75) is 46.1 Å². The number of carbonyl (C=O) groups is 3. The summed E-state index contributed by atoms with van der Waals surface area (Å²) in [5.74, 6) is 0.335. The Morgan fingerprint density at radius 2 is 1.88 bits per heavy atom. The second-order valence-electron chi connectivity index (χ2n) is 13.2. The Balaban J connectivity index is 1.16. The SMILES string of the molecule is COC(=O)c1cc(C)nc(-c2cnn(C)c2OCC2CC(CNc3cc(N4CCN(C(=O)OC(C)(C)C)CC4=O)ccc3[N+](=O)[O-])C2)c1. The summed E-state index contributed by atoms with van der Waals surface area (Å²) in [6.45, 7) is 8.43. The third-order valence-corrected chi connectivity index (χ3v) is 8.27. The van der Waals surface area contributed by atoms with E-state index in [4.69, 9.17) is 14.2 Å². The first-order valence-corrected chi connectivity index (χ1v) is 15.7. The number of ether oxygens (including phenoxy) is 3. The van der Waals surface area contributed by atoms with Gasteiger partial charge in [-0.15, -0.1) is 0 Å². The van der Waals surface area contributed by atoms with Crippen LogP contribution in [0.2, 0.25) is 0 Å². The van der Waals surface area contributed by atoms with Crippen LogP contribution in [0.4, 0.5) is 21.9 Å². The highest BCUT2D eigenvalue weighted by molar-refractivity contribution is 5.98. The highest BCUT2D eigenvalue weighted by Gasteiger charge is 2.33. The zero-order valence-electron chi connectivity index (χ0n) is 28.0. The van der Waals surface area contributed by atoms with Crippen molar-refractivity contribution in [2.24, 2.45) is 18.9 Å². The van der Waals surface area contributed by atoms with Crippen LogP contribution in [0.3, 0.4) is 0 Å². The monoisotopic (exact) mass is 663 g/mol. The van der Waals surface area contributed by atoms with Crippen molar-refractivity contribution in [3.63, 3.8) is 0 Å². The van der Waals surface area contributed by atoms with E-state index in [2.05, 4.69) is 15.4 Å². The van der Waals surface area contributed by atoms with Crippen molar-refractivity contribution < 1.29 is 33.5 Å². The van der Waals surface area contributed by atoms with E-state index < -0.39 is 22.6 Å². The van der Waals surface area contributed by atoms with Crippen molar-refractivity contribution in [1.29, 1.82) is 0 Å². The molecule has 2 aromatic heterocycles. The van der Waals surface area contributed by atoms with Gasteiger partial charge < -0.3 is 24.4 Å². The Kier molecular flexibility index (Phi) is 9.87. The normalized spacial score (nSPS) is 17.8. The molecule has 3 aromatic rings. The number of rotatable bonds is 10. The molecular formula is C33H41N7O8. The van der Waals surface area contributed by atoms with Crippen LogP contribution in [0.5, 0.6) is 5.88 Å². The van der Waals surface area contributed by atoms with E-state index in [1.54, 1.807) is 69.9 Å². The lowest BCUT2D eigenvalue weighted by molar-refractivity contribution is -0.384. The fourth-order valence-corrected chi connectivity index (χ4v) is 5.86. The number of anilines is 2. The van der Waals surface area contributed by atoms with Crippen LogP contribution in [0.1, 0.15) is 49.7 Å². The largest absolute Gasteiger partial charge is 0.477 e. The topological polar surface area (TPSA) is 171 Å². The molecule has 48 heavy (non-hydrogen) atoms. The Morgan fingerprint density at radius 3 is 2.54 bits per heavy atom. The van der Waals surface area contributed by atoms with E-state index in [0.29, 0.717) is 52.9 Å². The number of pyridine rings is 1. The number of amides is 2. The summed E-state index contributed by atoms with van der Waals surface area (Å²) in [4.78, 5) is 56.4. The molecule has 5 rings (SSSR count). The first-order valence-electron chi connectivity index (χ1n) is 15.7. The molecular weight excluding hydrogens is 622 g/mol.